The third-order valence-electron chi connectivity index (χ3n) is 4.74. The molecule has 1 aromatic rings. The smallest absolute Gasteiger partial charge is 0.240 e. The molecule has 0 aromatic carbocycles. The molecule has 0 amide bonds. The van der Waals surface area contributed by atoms with E-state index < -0.39 is 0 Å². The monoisotopic (exact) mass is 293 g/mol. The quantitative estimate of drug-likeness (QED) is 0.837. The highest BCUT2D eigenvalue weighted by Gasteiger charge is 2.42. The van der Waals surface area contributed by atoms with Crippen molar-refractivity contribution in [3.63, 3.8) is 0 Å². The van der Waals surface area contributed by atoms with Crippen molar-refractivity contribution in [1.29, 1.82) is 0 Å². The Morgan fingerprint density at radius 2 is 1.95 bits per heavy atom. The minimum Gasteiger partial charge on any atom is -0.480 e. The van der Waals surface area contributed by atoms with Gasteiger partial charge >= 0.3 is 0 Å². The van der Waals surface area contributed by atoms with Crippen LogP contribution in [0.4, 0.5) is 0 Å². The fourth-order valence-electron chi connectivity index (χ4n) is 3.55. The average molecular weight is 293 g/mol. The third-order valence-corrected chi connectivity index (χ3v) is 4.74. The Morgan fingerprint density at radius 3 is 2.48 bits per heavy atom. The van der Waals surface area contributed by atoms with E-state index in [0.717, 1.165) is 18.7 Å². The second kappa shape index (κ2) is 7.07. The molecular weight excluding hydrogens is 266 g/mol. The van der Waals surface area contributed by atoms with Gasteiger partial charge in [-0.15, -0.1) is 0 Å². The number of methoxy groups -OCH3 is 2. The first-order valence-corrected chi connectivity index (χ1v) is 7.89. The molecule has 0 bridgehead atoms. The van der Waals surface area contributed by atoms with Crippen LogP contribution in [-0.2, 0) is 0 Å². The van der Waals surface area contributed by atoms with Gasteiger partial charge < -0.3 is 14.8 Å². The van der Waals surface area contributed by atoms with Gasteiger partial charge in [0.05, 0.1) is 26.5 Å². The number of nitrogens with one attached hydrogen (secondary N) is 1. The maximum atomic E-state index is 5.47. The second-order valence-corrected chi connectivity index (χ2v) is 5.72. The van der Waals surface area contributed by atoms with Gasteiger partial charge in [0.1, 0.15) is 5.69 Å². The molecular formula is C16H27N3O2. The summed E-state index contributed by atoms with van der Waals surface area (Å²) in [5.74, 6) is 1.06. The molecule has 1 aliphatic rings. The lowest BCUT2D eigenvalue weighted by molar-refractivity contribution is 0.180. The fourth-order valence-corrected chi connectivity index (χ4v) is 3.55. The Morgan fingerprint density at radius 1 is 1.24 bits per heavy atom. The first-order valence-electron chi connectivity index (χ1n) is 7.89. The van der Waals surface area contributed by atoms with Crippen molar-refractivity contribution < 1.29 is 9.47 Å². The van der Waals surface area contributed by atoms with Crippen LogP contribution in [0.1, 0.15) is 57.7 Å². The van der Waals surface area contributed by atoms with E-state index in [-0.39, 0.29) is 11.5 Å². The van der Waals surface area contributed by atoms with Crippen LogP contribution in [0.3, 0.4) is 0 Å². The minimum atomic E-state index is 0.184. The van der Waals surface area contributed by atoms with Gasteiger partial charge in [0, 0.05) is 0 Å². The minimum absolute atomic E-state index is 0.184. The molecule has 0 aliphatic heterocycles. The van der Waals surface area contributed by atoms with Crippen molar-refractivity contribution in [2.45, 2.75) is 52.0 Å². The highest BCUT2D eigenvalue weighted by Crippen LogP contribution is 2.50. The number of hydrogen-bond acceptors (Lipinski definition) is 5. The van der Waals surface area contributed by atoms with E-state index in [1.165, 1.54) is 25.7 Å². The van der Waals surface area contributed by atoms with Crippen molar-refractivity contribution in [1.82, 2.24) is 15.3 Å². The molecule has 2 rings (SSSR count). The number of nitrogens with zero attached hydrogens (tertiary/aromatic N) is 2. The van der Waals surface area contributed by atoms with E-state index in [1.54, 1.807) is 20.4 Å². The SMILES string of the molecule is CCNC(c1ncc(OC)nc1OC)C1(CC)CCCC1. The summed E-state index contributed by atoms with van der Waals surface area (Å²) >= 11 is 0. The van der Waals surface area contributed by atoms with Crippen LogP contribution >= 0.6 is 0 Å². The summed E-state index contributed by atoms with van der Waals surface area (Å²) < 4.78 is 10.6. The van der Waals surface area contributed by atoms with E-state index >= 15 is 0 Å². The van der Waals surface area contributed by atoms with E-state index in [1.807, 2.05) is 0 Å². The Balaban J connectivity index is 2.42. The molecule has 1 atom stereocenters. The summed E-state index contributed by atoms with van der Waals surface area (Å²) in [6.07, 6.45) is 7.88. The molecule has 118 valence electrons. The van der Waals surface area contributed by atoms with Gasteiger partial charge in [-0.25, -0.2) is 4.98 Å². The number of aromatic nitrogens is 2. The highest BCUT2D eigenvalue weighted by atomic mass is 16.5. The molecule has 1 unspecified atom stereocenters. The molecule has 0 saturated heterocycles. The van der Waals surface area contributed by atoms with Crippen LogP contribution in [0.25, 0.3) is 0 Å². The lowest BCUT2D eigenvalue weighted by Gasteiger charge is -2.37. The maximum absolute atomic E-state index is 5.47. The summed E-state index contributed by atoms with van der Waals surface area (Å²) in [6.45, 7) is 5.32. The molecule has 0 spiro atoms. The van der Waals surface area contributed by atoms with Crippen LogP contribution in [0.15, 0.2) is 6.20 Å². The third kappa shape index (κ3) is 3.12. The average Bonchev–Trinajstić information content (AvgIpc) is 3.02. The topological polar surface area (TPSA) is 56.3 Å². The van der Waals surface area contributed by atoms with Gasteiger partial charge in [-0.3, -0.25) is 0 Å². The lowest BCUT2D eigenvalue weighted by Crippen LogP contribution is -2.37. The maximum Gasteiger partial charge on any atom is 0.240 e. The summed E-state index contributed by atoms with van der Waals surface area (Å²) in [6, 6.07) is 0.184. The van der Waals surface area contributed by atoms with Crippen molar-refractivity contribution in [3.8, 4) is 11.8 Å². The zero-order chi connectivity index (χ0) is 15.3. The van der Waals surface area contributed by atoms with Gasteiger partial charge in [0.2, 0.25) is 11.8 Å². The van der Waals surface area contributed by atoms with Gasteiger partial charge in [0.25, 0.3) is 0 Å². The molecule has 1 heterocycles. The fraction of sp³-hybridized carbons (Fsp3) is 0.750. The number of rotatable bonds is 7. The predicted octanol–water partition coefficient (Wildman–Crippen LogP) is 3.11. The molecule has 5 heteroatoms. The molecule has 1 N–H and O–H groups in total. The standard InChI is InChI=1S/C16H27N3O2/c1-5-16(9-7-8-10-16)14(17-6-2)13-15(21-4)19-12(20-3)11-18-13/h11,14,17H,5-10H2,1-4H3. The summed E-state index contributed by atoms with van der Waals surface area (Å²) in [4.78, 5) is 9.00. The Bertz CT molecular complexity index is 459. The van der Waals surface area contributed by atoms with Crippen LogP contribution < -0.4 is 14.8 Å². The zero-order valence-corrected chi connectivity index (χ0v) is 13.6. The van der Waals surface area contributed by atoms with Crippen molar-refractivity contribution in [2.24, 2.45) is 5.41 Å². The summed E-state index contributed by atoms with van der Waals surface area (Å²) in [7, 11) is 3.23. The van der Waals surface area contributed by atoms with Crippen molar-refractivity contribution in [2.75, 3.05) is 20.8 Å². The summed E-state index contributed by atoms with van der Waals surface area (Å²) in [5, 5.41) is 3.62. The molecule has 1 saturated carbocycles. The molecule has 1 aliphatic carbocycles. The lowest BCUT2D eigenvalue weighted by atomic mass is 9.74. The first kappa shape index (κ1) is 16.0. The highest BCUT2D eigenvalue weighted by molar-refractivity contribution is 5.28. The molecule has 1 fully saturated rings. The molecule has 0 radical (unpaired) electrons. The van der Waals surface area contributed by atoms with Gasteiger partial charge in [0.15, 0.2) is 0 Å². The van der Waals surface area contributed by atoms with Gasteiger partial charge in [-0.2, -0.15) is 4.98 Å². The van der Waals surface area contributed by atoms with Crippen LogP contribution in [-0.4, -0.2) is 30.7 Å². The molecule has 21 heavy (non-hydrogen) atoms. The molecule has 5 nitrogen and oxygen atoms in total. The van der Waals surface area contributed by atoms with Crippen molar-refractivity contribution >= 4 is 0 Å². The predicted molar refractivity (Wildman–Crippen MR) is 82.7 cm³/mol. The number of ether oxygens (including phenoxy) is 2. The molecule has 1 aromatic heterocycles. The van der Waals surface area contributed by atoms with Crippen molar-refractivity contribution in [3.05, 3.63) is 11.9 Å². The summed E-state index contributed by atoms with van der Waals surface area (Å²) in [5.41, 5.74) is 1.16. The van der Waals surface area contributed by atoms with Gasteiger partial charge in [-0.05, 0) is 31.2 Å². The Hall–Kier alpha value is -1.36. The van der Waals surface area contributed by atoms with Crippen LogP contribution in [0, 0.1) is 5.41 Å². The van der Waals surface area contributed by atoms with E-state index in [2.05, 4.69) is 29.1 Å². The first-order chi connectivity index (χ1) is 10.2. The largest absolute Gasteiger partial charge is 0.480 e. The van der Waals surface area contributed by atoms with E-state index in [4.69, 9.17) is 9.47 Å². The Labute approximate surface area is 127 Å². The normalized spacial score (nSPS) is 18.5. The second-order valence-electron chi connectivity index (χ2n) is 5.72. The van der Waals surface area contributed by atoms with Crippen LogP contribution in [0.2, 0.25) is 0 Å². The van der Waals surface area contributed by atoms with E-state index in [0.29, 0.717) is 11.8 Å². The number of hydrogen-bond donors (Lipinski definition) is 1. The van der Waals surface area contributed by atoms with Gasteiger partial charge in [-0.1, -0.05) is 26.7 Å². The van der Waals surface area contributed by atoms with Crippen LogP contribution in [0.5, 0.6) is 11.8 Å². The van der Waals surface area contributed by atoms with E-state index in [9.17, 15) is 0 Å². The Kier molecular flexibility index (Phi) is 5.39. The zero-order valence-electron chi connectivity index (χ0n) is 13.6.